The summed E-state index contributed by atoms with van der Waals surface area (Å²) in [6.07, 6.45) is 4.03. The van der Waals surface area contributed by atoms with Crippen LogP contribution in [0.2, 0.25) is 0 Å². The van der Waals surface area contributed by atoms with Crippen molar-refractivity contribution in [1.29, 1.82) is 0 Å². The normalized spacial score (nSPS) is 14.8. The van der Waals surface area contributed by atoms with Crippen LogP contribution in [0.1, 0.15) is 53.7 Å². The Balaban J connectivity index is 2.20. The van der Waals surface area contributed by atoms with Crippen molar-refractivity contribution in [3.63, 3.8) is 0 Å². The molecule has 0 unspecified atom stereocenters. The van der Waals surface area contributed by atoms with E-state index >= 15 is 0 Å². The summed E-state index contributed by atoms with van der Waals surface area (Å²) in [6, 6.07) is 3.01. The molecule has 0 amide bonds. The Bertz CT molecular complexity index is 568. The highest BCUT2D eigenvalue weighted by molar-refractivity contribution is 7.12. The fourth-order valence-corrected chi connectivity index (χ4v) is 3.60. The van der Waals surface area contributed by atoms with Crippen molar-refractivity contribution in [3.8, 4) is 0 Å². The molecule has 0 radical (unpaired) electrons. The first-order chi connectivity index (χ1) is 9.38. The molecule has 2 rings (SSSR count). The molecule has 0 bridgehead atoms. The highest BCUT2D eigenvalue weighted by atomic mass is 32.1. The lowest BCUT2D eigenvalue weighted by molar-refractivity contribution is 0.374. The zero-order valence-corrected chi connectivity index (χ0v) is 14.1. The summed E-state index contributed by atoms with van der Waals surface area (Å²) >= 11 is 1.89. The van der Waals surface area contributed by atoms with Gasteiger partial charge in [-0.3, -0.25) is 4.68 Å². The van der Waals surface area contributed by atoms with Gasteiger partial charge in [-0.05, 0) is 38.3 Å². The zero-order chi connectivity index (χ0) is 14.9. The van der Waals surface area contributed by atoms with Crippen molar-refractivity contribution in [3.05, 3.63) is 39.3 Å². The summed E-state index contributed by atoms with van der Waals surface area (Å²) in [5.41, 5.74) is 2.68. The first kappa shape index (κ1) is 15.3. The average molecular weight is 291 g/mol. The van der Waals surface area contributed by atoms with E-state index in [2.05, 4.69) is 57.3 Å². The lowest BCUT2D eigenvalue weighted by Crippen LogP contribution is -2.28. The molecule has 1 N–H and O–H groups in total. The quantitative estimate of drug-likeness (QED) is 0.897. The molecule has 2 aromatic rings. The molecule has 0 saturated carbocycles. The molecule has 0 aliphatic rings. The van der Waals surface area contributed by atoms with Crippen molar-refractivity contribution in [2.24, 2.45) is 13.0 Å². The lowest BCUT2D eigenvalue weighted by atomic mass is 9.95. The molecule has 110 valence electrons. The van der Waals surface area contributed by atoms with Crippen molar-refractivity contribution < 1.29 is 0 Å². The van der Waals surface area contributed by atoms with E-state index in [1.807, 2.05) is 29.3 Å². The highest BCUT2D eigenvalue weighted by Crippen LogP contribution is 2.32. The molecule has 4 heteroatoms. The van der Waals surface area contributed by atoms with Crippen LogP contribution in [0.3, 0.4) is 0 Å². The van der Waals surface area contributed by atoms with Crippen LogP contribution in [0.5, 0.6) is 0 Å². The second kappa shape index (κ2) is 6.10. The first-order valence-electron chi connectivity index (χ1n) is 7.20. The molecule has 0 fully saturated rings. The predicted molar refractivity (Wildman–Crippen MR) is 86.1 cm³/mol. The Hall–Kier alpha value is -1.13. The van der Waals surface area contributed by atoms with E-state index in [9.17, 15) is 0 Å². The van der Waals surface area contributed by atoms with Gasteiger partial charge in [-0.25, -0.2) is 0 Å². The van der Waals surface area contributed by atoms with Crippen LogP contribution in [0.25, 0.3) is 0 Å². The Morgan fingerprint density at radius 3 is 2.40 bits per heavy atom. The van der Waals surface area contributed by atoms with Crippen molar-refractivity contribution in [2.75, 3.05) is 0 Å². The maximum Gasteiger partial charge on any atom is 0.0537 e. The molecule has 0 aromatic carbocycles. The summed E-state index contributed by atoms with van der Waals surface area (Å²) < 4.78 is 1.86. The number of aryl methyl sites for hydroxylation is 3. The van der Waals surface area contributed by atoms with Crippen LogP contribution in [-0.4, -0.2) is 9.78 Å². The summed E-state index contributed by atoms with van der Waals surface area (Å²) in [5.74, 6) is 0.557. The third-order valence-corrected chi connectivity index (χ3v) is 4.72. The van der Waals surface area contributed by atoms with E-state index < -0.39 is 0 Å². The number of nitrogens with zero attached hydrogens (tertiary/aromatic N) is 2. The van der Waals surface area contributed by atoms with Crippen molar-refractivity contribution in [2.45, 2.75) is 46.7 Å². The van der Waals surface area contributed by atoms with Gasteiger partial charge in [0, 0.05) is 40.6 Å². The molecular formula is C16H25N3S. The van der Waals surface area contributed by atoms with Crippen LogP contribution in [0.15, 0.2) is 18.5 Å². The minimum atomic E-state index is 0.302. The van der Waals surface area contributed by atoms with Gasteiger partial charge in [-0.1, -0.05) is 13.8 Å². The smallest absolute Gasteiger partial charge is 0.0537 e. The second-order valence-electron chi connectivity index (χ2n) is 5.93. The number of thiophene rings is 1. The molecule has 0 spiro atoms. The topological polar surface area (TPSA) is 29.9 Å². The Kier molecular flexibility index (Phi) is 4.66. The van der Waals surface area contributed by atoms with Gasteiger partial charge in [0.05, 0.1) is 6.20 Å². The lowest BCUT2D eigenvalue weighted by Gasteiger charge is -2.26. The van der Waals surface area contributed by atoms with E-state index in [1.165, 1.54) is 20.9 Å². The predicted octanol–water partition coefficient (Wildman–Crippen LogP) is 4.15. The molecule has 2 heterocycles. The van der Waals surface area contributed by atoms with Crippen LogP contribution in [0, 0.1) is 19.8 Å². The summed E-state index contributed by atoms with van der Waals surface area (Å²) in [5, 5.41) is 8.03. The SMILES string of the molecule is Cc1cc([C@@H](N[C@@H](C)c2cnn(C)c2)C(C)C)c(C)s1. The van der Waals surface area contributed by atoms with Gasteiger partial charge >= 0.3 is 0 Å². The molecular weight excluding hydrogens is 266 g/mol. The Labute approximate surface area is 126 Å². The zero-order valence-electron chi connectivity index (χ0n) is 13.3. The Morgan fingerprint density at radius 2 is 1.95 bits per heavy atom. The number of hydrogen-bond donors (Lipinski definition) is 1. The third-order valence-electron chi connectivity index (χ3n) is 3.74. The van der Waals surface area contributed by atoms with Gasteiger partial charge < -0.3 is 5.32 Å². The molecule has 0 aliphatic heterocycles. The van der Waals surface area contributed by atoms with E-state index in [4.69, 9.17) is 0 Å². The maximum absolute atomic E-state index is 4.26. The van der Waals surface area contributed by atoms with Gasteiger partial charge in [0.2, 0.25) is 0 Å². The molecule has 2 atom stereocenters. The maximum atomic E-state index is 4.26. The van der Waals surface area contributed by atoms with Crippen LogP contribution < -0.4 is 5.32 Å². The summed E-state index contributed by atoms with van der Waals surface area (Å²) in [7, 11) is 1.96. The Morgan fingerprint density at radius 1 is 1.25 bits per heavy atom. The number of aromatic nitrogens is 2. The standard InChI is InChI=1S/C16H25N3S/c1-10(2)16(15-7-11(3)20-13(15)5)18-12(4)14-8-17-19(6)9-14/h7-10,12,16,18H,1-6H3/t12-,16-/m0/s1. The first-order valence-corrected chi connectivity index (χ1v) is 8.01. The van der Waals surface area contributed by atoms with Crippen molar-refractivity contribution >= 4 is 11.3 Å². The monoisotopic (exact) mass is 291 g/mol. The van der Waals surface area contributed by atoms with Gasteiger partial charge in [-0.15, -0.1) is 11.3 Å². The molecule has 3 nitrogen and oxygen atoms in total. The van der Waals surface area contributed by atoms with Gasteiger partial charge in [0.25, 0.3) is 0 Å². The number of rotatable bonds is 5. The average Bonchev–Trinajstić information content (AvgIpc) is 2.92. The van der Waals surface area contributed by atoms with Gasteiger partial charge in [-0.2, -0.15) is 5.10 Å². The second-order valence-corrected chi connectivity index (χ2v) is 7.39. The van der Waals surface area contributed by atoms with Crippen LogP contribution >= 0.6 is 11.3 Å². The van der Waals surface area contributed by atoms with E-state index in [0.717, 1.165) is 0 Å². The van der Waals surface area contributed by atoms with E-state index in [1.54, 1.807) is 0 Å². The summed E-state index contributed by atoms with van der Waals surface area (Å²) in [6.45, 7) is 11.2. The molecule has 0 saturated heterocycles. The fourth-order valence-electron chi connectivity index (χ4n) is 2.63. The molecule has 2 aromatic heterocycles. The summed E-state index contributed by atoms with van der Waals surface area (Å²) in [4.78, 5) is 2.81. The fraction of sp³-hybridized carbons (Fsp3) is 0.562. The third kappa shape index (κ3) is 3.30. The van der Waals surface area contributed by atoms with Crippen LogP contribution in [-0.2, 0) is 7.05 Å². The minimum Gasteiger partial charge on any atom is -0.303 e. The number of hydrogen-bond acceptors (Lipinski definition) is 3. The van der Waals surface area contributed by atoms with E-state index in [-0.39, 0.29) is 0 Å². The molecule has 20 heavy (non-hydrogen) atoms. The largest absolute Gasteiger partial charge is 0.303 e. The van der Waals surface area contributed by atoms with Gasteiger partial charge in [0.15, 0.2) is 0 Å². The van der Waals surface area contributed by atoms with Gasteiger partial charge in [0.1, 0.15) is 0 Å². The minimum absolute atomic E-state index is 0.302. The van der Waals surface area contributed by atoms with Crippen LogP contribution in [0.4, 0.5) is 0 Å². The van der Waals surface area contributed by atoms with E-state index in [0.29, 0.717) is 18.0 Å². The molecule has 0 aliphatic carbocycles. The van der Waals surface area contributed by atoms with Crippen molar-refractivity contribution in [1.82, 2.24) is 15.1 Å². The number of nitrogens with one attached hydrogen (secondary N) is 1. The highest BCUT2D eigenvalue weighted by Gasteiger charge is 2.22.